The molecule has 1 aromatic rings. The summed E-state index contributed by atoms with van der Waals surface area (Å²) in [7, 11) is 0. The molecule has 4 nitrogen and oxygen atoms in total. The average Bonchev–Trinajstić information content (AvgIpc) is 2.41. The third kappa shape index (κ3) is 2.70. The second-order valence-corrected chi connectivity index (χ2v) is 4.72. The Labute approximate surface area is 107 Å². The van der Waals surface area contributed by atoms with Gasteiger partial charge in [-0.05, 0) is 37.1 Å². The van der Waals surface area contributed by atoms with Gasteiger partial charge in [0.1, 0.15) is 0 Å². The number of hydrogen-bond donors (Lipinski definition) is 1. The predicted molar refractivity (Wildman–Crippen MR) is 70.4 cm³/mol. The number of carbonyl (C=O) groups excluding carboxylic acids is 2. The highest BCUT2D eigenvalue weighted by Gasteiger charge is 2.21. The maximum atomic E-state index is 11.3. The zero-order valence-electron chi connectivity index (χ0n) is 10.3. The molecule has 0 aliphatic heterocycles. The lowest BCUT2D eigenvalue weighted by atomic mass is 9.94. The molecular formula is C14H18N2O2. The van der Waals surface area contributed by atoms with Crippen LogP contribution in [-0.2, 0) is 4.79 Å². The molecule has 0 unspecified atom stereocenters. The van der Waals surface area contributed by atoms with Crippen LogP contribution < -0.4 is 10.6 Å². The summed E-state index contributed by atoms with van der Waals surface area (Å²) in [4.78, 5) is 24.0. The first-order chi connectivity index (χ1) is 8.72. The number of anilines is 1. The average molecular weight is 246 g/mol. The number of benzene rings is 1. The topological polar surface area (TPSA) is 63.4 Å². The third-order valence-corrected chi connectivity index (χ3v) is 3.53. The molecule has 0 radical (unpaired) electrons. The molecule has 1 aromatic carbocycles. The van der Waals surface area contributed by atoms with Crippen LogP contribution in [0.5, 0.6) is 0 Å². The van der Waals surface area contributed by atoms with Crippen LogP contribution in [0.3, 0.4) is 0 Å². The zero-order valence-corrected chi connectivity index (χ0v) is 10.3. The summed E-state index contributed by atoms with van der Waals surface area (Å²) in [5.74, 6) is -0.447. The number of nitrogens with two attached hydrogens (primary N) is 1. The second-order valence-electron chi connectivity index (χ2n) is 4.72. The first kappa shape index (κ1) is 12.6. The highest BCUT2D eigenvalue weighted by molar-refractivity contribution is 5.93. The lowest BCUT2D eigenvalue weighted by molar-refractivity contribution is -0.108. The van der Waals surface area contributed by atoms with Crippen molar-refractivity contribution in [1.82, 2.24) is 0 Å². The summed E-state index contributed by atoms with van der Waals surface area (Å²) in [6.45, 7) is 0. The van der Waals surface area contributed by atoms with E-state index in [1.54, 1.807) is 29.2 Å². The Bertz CT molecular complexity index is 422. The predicted octanol–water partition coefficient (Wildman–Crippen LogP) is 2.08. The molecule has 0 heterocycles. The van der Waals surface area contributed by atoms with Crippen molar-refractivity contribution < 1.29 is 9.59 Å². The van der Waals surface area contributed by atoms with Gasteiger partial charge in [0.05, 0.1) is 0 Å². The molecule has 2 rings (SSSR count). The van der Waals surface area contributed by atoms with Gasteiger partial charge >= 0.3 is 0 Å². The minimum atomic E-state index is -0.447. The summed E-state index contributed by atoms with van der Waals surface area (Å²) in [5, 5.41) is 0. The van der Waals surface area contributed by atoms with Crippen molar-refractivity contribution in [3.05, 3.63) is 29.8 Å². The molecule has 1 fully saturated rings. The van der Waals surface area contributed by atoms with Crippen molar-refractivity contribution in [3.8, 4) is 0 Å². The van der Waals surface area contributed by atoms with Crippen LogP contribution in [0.2, 0.25) is 0 Å². The van der Waals surface area contributed by atoms with E-state index in [0.717, 1.165) is 24.9 Å². The quantitative estimate of drug-likeness (QED) is 0.827. The van der Waals surface area contributed by atoms with E-state index in [2.05, 4.69) is 0 Å². The summed E-state index contributed by atoms with van der Waals surface area (Å²) in [6.07, 6.45) is 6.59. The molecule has 96 valence electrons. The van der Waals surface area contributed by atoms with Crippen molar-refractivity contribution >= 4 is 18.0 Å². The zero-order chi connectivity index (χ0) is 13.0. The van der Waals surface area contributed by atoms with Crippen LogP contribution in [0.25, 0.3) is 0 Å². The SMILES string of the molecule is NC(=O)c1ccc(N(C=O)C2CCCCC2)cc1. The van der Waals surface area contributed by atoms with Crippen molar-refractivity contribution in [2.75, 3.05) is 4.90 Å². The van der Waals surface area contributed by atoms with E-state index in [0.29, 0.717) is 5.56 Å². The molecule has 1 aliphatic rings. The van der Waals surface area contributed by atoms with Crippen LogP contribution in [0.4, 0.5) is 5.69 Å². The second kappa shape index (κ2) is 5.67. The number of rotatable bonds is 4. The number of carbonyl (C=O) groups is 2. The third-order valence-electron chi connectivity index (χ3n) is 3.53. The molecule has 0 bridgehead atoms. The van der Waals surface area contributed by atoms with Crippen LogP contribution in [-0.4, -0.2) is 18.4 Å². The van der Waals surface area contributed by atoms with E-state index in [1.807, 2.05) is 0 Å². The lowest BCUT2D eigenvalue weighted by Gasteiger charge is -2.31. The van der Waals surface area contributed by atoms with Gasteiger partial charge in [0, 0.05) is 17.3 Å². The standard InChI is InChI=1S/C14H18N2O2/c15-14(18)11-6-8-13(9-7-11)16(10-17)12-4-2-1-3-5-12/h6-10,12H,1-5H2,(H2,15,18). The number of amides is 2. The van der Waals surface area contributed by atoms with E-state index < -0.39 is 5.91 Å². The molecule has 4 heteroatoms. The summed E-state index contributed by atoms with van der Waals surface area (Å²) < 4.78 is 0. The molecule has 18 heavy (non-hydrogen) atoms. The van der Waals surface area contributed by atoms with Crippen LogP contribution >= 0.6 is 0 Å². The Balaban J connectivity index is 2.16. The Morgan fingerprint density at radius 3 is 2.28 bits per heavy atom. The van der Waals surface area contributed by atoms with Gasteiger partial charge in [0.15, 0.2) is 0 Å². The molecule has 1 saturated carbocycles. The highest BCUT2D eigenvalue weighted by Crippen LogP contribution is 2.26. The van der Waals surface area contributed by atoms with Crippen LogP contribution in [0.1, 0.15) is 42.5 Å². The van der Waals surface area contributed by atoms with E-state index >= 15 is 0 Å². The first-order valence-electron chi connectivity index (χ1n) is 6.36. The summed E-state index contributed by atoms with van der Waals surface area (Å²) in [5.41, 5.74) is 6.49. The van der Waals surface area contributed by atoms with Gasteiger partial charge in [0.2, 0.25) is 12.3 Å². The fourth-order valence-electron chi connectivity index (χ4n) is 2.51. The van der Waals surface area contributed by atoms with E-state index in [9.17, 15) is 9.59 Å². The first-order valence-corrected chi connectivity index (χ1v) is 6.36. The molecular weight excluding hydrogens is 228 g/mol. The van der Waals surface area contributed by atoms with Crippen LogP contribution in [0.15, 0.2) is 24.3 Å². The molecule has 2 N–H and O–H groups in total. The number of nitrogens with zero attached hydrogens (tertiary/aromatic N) is 1. The Morgan fingerprint density at radius 2 is 1.78 bits per heavy atom. The number of hydrogen-bond acceptors (Lipinski definition) is 2. The van der Waals surface area contributed by atoms with Gasteiger partial charge < -0.3 is 10.6 Å². The molecule has 1 aliphatic carbocycles. The minimum Gasteiger partial charge on any atom is -0.366 e. The minimum absolute atomic E-state index is 0.288. The van der Waals surface area contributed by atoms with Crippen molar-refractivity contribution in [2.45, 2.75) is 38.1 Å². The maximum absolute atomic E-state index is 11.3. The lowest BCUT2D eigenvalue weighted by Crippen LogP contribution is -2.35. The fourth-order valence-corrected chi connectivity index (χ4v) is 2.51. The molecule has 0 atom stereocenters. The van der Waals surface area contributed by atoms with Crippen molar-refractivity contribution in [2.24, 2.45) is 5.73 Å². The molecule has 2 amide bonds. The Hall–Kier alpha value is -1.84. The summed E-state index contributed by atoms with van der Waals surface area (Å²) in [6, 6.07) is 7.18. The van der Waals surface area contributed by atoms with Gasteiger partial charge in [0.25, 0.3) is 0 Å². The van der Waals surface area contributed by atoms with Gasteiger partial charge in [-0.15, -0.1) is 0 Å². The van der Waals surface area contributed by atoms with Crippen molar-refractivity contribution in [3.63, 3.8) is 0 Å². The smallest absolute Gasteiger partial charge is 0.248 e. The largest absolute Gasteiger partial charge is 0.366 e. The van der Waals surface area contributed by atoms with Gasteiger partial charge in [-0.3, -0.25) is 9.59 Å². The number of primary amides is 1. The monoisotopic (exact) mass is 246 g/mol. The Morgan fingerprint density at radius 1 is 1.17 bits per heavy atom. The van der Waals surface area contributed by atoms with Crippen LogP contribution in [0, 0.1) is 0 Å². The summed E-state index contributed by atoms with van der Waals surface area (Å²) >= 11 is 0. The van der Waals surface area contributed by atoms with E-state index in [4.69, 9.17) is 5.73 Å². The molecule has 0 spiro atoms. The van der Waals surface area contributed by atoms with E-state index in [-0.39, 0.29) is 6.04 Å². The highest BCUT2D eigenvalue weighted by atomic mass is 16.1. The van der Waals surface area contributed by atoms with E-state index in [1.165, 1.54) is 19.3 Å². The maximum Gasteiger partial charge on any atom is 0.248 e. The Kier molecular flexibility index (Phi) is 3.97. The fraction of sp³-hybridized carbons (Fsp3) is 0.429. The van der Waals surface area contributed by atoms with Gasteiger partial charge in [-0.25, -0.2) is 0 Å². The molecule has 0 saturated heterocycles. The van der Waals surface area contributed by atoms with Crippen molar-refractivity contribution in [1.29, 1.82) is 0 Å². The van der Waals surface area contributed by atoms with Gasteiger partial charge in [-0.2, -0.15) is 0 Å². The van der Waals surface area contributed by atoms with Gasteiger partial charge in [-0.1, -0.05) is 19.3 Å². The normalized spacial score (nSPS) is 16.2. The molecule has 0 aromatic heterocycles.